The Kier molecular flexibility index (Phi) is 4.04. The molecular formula is C19H25N3O2. The Balaban J connectivity index is 1.44. The van der Waals surface area contributed by atoms with Crippen molar-refractivity contribution in [2.75, 3.05) is 18.4 Å². The van der Waals surface area contributed by atoms with E-state index in [2.05, 4.69) is 10.2 Å². The van der Waals surface area contributed by atoms with Crippen LogP contribution in [0, 0.1) is 17.8 Å². The highest BCUT2D eigenvalue weighted by Gasteiger charge is 2.42. The Labute approximate surface area is 142 Å². The van der Waals surface area contributed by atoms with Crippen LogP contribution in [0.3, 0.4) is 0 Å². The summed E-state index contributed by atoms with van der Waals surface area (Å²) in [7, 11) is 0. The number of fused-ring (bicyclic) bond motifs is 1. The van der Waals surface area contributed by atoms with E-state index in [0.717, 1.165) is 24.3 Å². The highest BCUT2D eigenvalue weighted by atomic mass is 16.2. The molecule has 5 nitrogen and oxygen atoms in total. The van der Waals surface area contributed by atoms with Crippen molar-refractivity contribution in [1.82, 2.24) is 4.90 Å². The molecule has 3 N–H and O–H groups in total. The molecule has 4 bridgehead atoms. The normalized spacial score (nSPS) is 31.7. The van der Waals surface area contributed by atoms with Crippen LogP contribution in [0.2, 0.25) is 0 Å². The van der Waals surface area contributed by atoms with Crippen LogP contribution in [0.1, 0.15) is 42.5 Å². The molecule has 24 heavy (non-hydrogen) atoms. The van der Waals surface area contributed by atoms with E-state index in [1.54, 1.807) is 24.3 Å². The molecule has 1 aromatic carbocycles. The molecule has 0 spiro atoms. The molecule has 4 aliphatic rings. The van der Waals surface area contributed by atoms with Gasteiger partial charge in [0.05, 0.1) is 17.8 Å². The topological polar surface area (TPSA) is 75.4 Å². The molecule has 2 atom stereocenters. The third-order valence-corrected chi connectivity index (χ3v) is 6.03. The Hall–Kier alpha value is -1.88. The molecule has 2 heterocycles. The monoisotopic (exact) mass is 327 g/mol. The molecule has 5 rings (SSSR count). The van der Waals surface area contributed by atoms with E-state index >= 15 is 0 Å². The molecule has 2 aliphatic carbocycles. The quantitative estimate of drug-likeness (QED) is 0.890. The second-order valence-electron chi connectivity index (χ2n) is 7.82. The number of primary amides is 1. The SMILES string of the molecule is NC(=O)c1ccccc1NC(=O)CN1CC2CC3CC(C2)CC1C3. The first-order chi connectivity index (χ1) is 11.6. The molecule has 0 radical (unpaired) electrons. The first kappa shape index (κ1) is 15.6. The molecule has 2 saturated heterocycles. The van der Waals surface area contributed by atoms with Crippen molar-refractivity contribution in [3.63, 3.8) is 0 Å². The first-order valence-electron chi connectivity index (χ1n) is 9.01. The molecule has 128 valence electrons. The van der Waals surface area contributed by atoms with Gasteiger partial charge in [-0.15, -0.1) is 0 Å². The fourth-order valence-corrected chi connectivity index (χ4v) is 5.26. The minimum absolute atomic E-state index is 0.0510. The Morgan fingerprint density at radius 2 is 1.71 bits per heavy atom. The number of carbonyl (C=O) groups excluding carboxylic acids is 2. The third kappa shape index (κ3) is 3.05. The maximum Gasteiger partial charge on any atom is 0.250 e. The number of nitrogens with two attached hydrogens (primary N) is 1. The van der Waals surface area contributed by atoms with E-state index in [4.69, 9.17) is 5.73 Å². The predicted molar refractivity (Wildman–Crippen MR) is 92.5 cm³/mol. The van der Waals surface area contributed by atoms with Crippen molar-refractivity contribution >= 4 is 17.5 Å². The number of nitrogens with one attached hydrogen (secondary N) is 1. The average molecular weight is 327 g/mol. The second-order valence-corrected chi connectivity index (χ2v) is 7.82. The van der Waals surface area contributed by atoms with Gasteiger partial charge in [0.15, 0.2) is 0 Å². The maximum atomic E-state index is 12.5. The highest BCUT2D eigenvalue weighted by Crippen LogP contribution is 2.47. The van der Waals surface area contributed by atoms with Gasteiger partial charge in [-0.1, -0.05) is 12.1 Å². The molecule has 4 fully saturated rings. The van der Waals surface area contributed by atoms with E-state index in [9.17, 15) is 9.59 Å². The number of hydrogen-bond acceptors (Lipinski definition) is 3. The second kappa shape index (κ2) is 6.20. The van der Waals surface area contributed by atoms with Gasteiger partial charge in [0.1, 0.15) is 0 Å². The van der Waals surface area contributed by atoms with Gasteiger partial charge < -0.3 is 11.1 Å². The van der Waals surface area contributed by atoms with Crippen molar-refractivity contribution < 1.29 is 9.59 Å². The highest BCUT2D eigenvalue weighted by molar-refractivity contribution is 6.03. The molecule has 2 amide bonds. The average Bonchev–Trinajstić information content (AvgIpc) is 2.71. The summed E-state index contributed by atoms with van der Waals surface area (Å²) in [5.41, 5.74) is 6.26. The lowest BCUT2D eigenvalue weighted by Gasteiger charge is -2.39. The number of nitrogens with zero attached hydrogens (tertiary/aromatic N) is 1. The smallest absolute Gasteiger partial charge is 0.250 e. The van der Waals surface area contributed by atoms with Crippen LogP contribution in [-0.2, 0) is 4.79 Å². The summed E-state index contributed by atoms with van der Waals surface area (Å²) in [5, 5.41) is 2.88. The number of carbonyl (C=O) groups is 2. The van der Waals surface area contributed by atoms with Crippen LogP contribution >= 0.6 is 0 Å². The van der Waals surface area contributed by atoms with Gasteiger partial charge in [0.25, 0.3) is 5.91 Å². The Morgan fingerprint density at radius 1 is 1.04 bits per heavy atom. The van der Waals surface area contributed by atoms with Crippen molar-refractivity contribution in [2.45, 2.75) is 38.1 Å². The summed E-state index contributed by atoms with van der Waals surface area (Å²) in [5.74, 6) is 1.93. The van der Waals surface area contributed by atoms with Gasteiger partial charge in [-0.05, 0) is 62.0 Å². The van der Waals surface area contributed by atoms with E-state index < -0.39 is 5.91 Å². The fraction of sp³-hybridized carbons (Fsp3) is 0.579. The Morgan fingerprint density at radius 3 is 2.42 bits per heavy atom. The van der Waals surface area contributed by atoms with Crippen molar-refractivity contribution in [3.8, 4) is 0 Å². The van der Waals surface area contributed by atoms with E-state index in [1.807, 2.05) is 0 Å². The maximum absolute atomic E-state index is 12.5. The van der Waals surface area contributed by atoms with E-state index in [-0.39, 0.29) is 5.91 Å². The molecular weight excluding hydrogens is 302 g/mol. The molecule has 2 aliphatic heterocycles. The molecule has 2 saturated carbocycles. The predicted octanol–water partition coefficient (Wildman–Crippen LogP) is 2.23. The number of hydrogen-bond donors (Lipinski definition) is 2. The van der Waals surface area contributed by atoms with E-state index in [0.29, 0.717) is 23.8 Å². The number of rotatable bonds is 4. The van der Waals surface area contributed by atoms with Gasteiger partial charge in [0.2, 0.25) is 5.91 Å². The minimum atomic E-state index is -0.517. The van der Waals surface area contributed by atoms with Crippen LogP contribution in [-0.4, -0.2) is 35.8 Å². The third-order valence-electron chi connectivity index (χ3n) is 6.03. The Bertz CT molecular complexity index is 646. The minimum Gasteiger partial charge on any atom is -0.366 e. The van der Waals surface area contributed by atoms with Crippen LogP contribution in [0.25, 0.3) is 0 Å². The zero-order valence-electron chi connectivity index (χ0n) is 13.9. The standard InChI is InChI=1S/C19H25N3O2/c20-19(24)16-3-1-2-4-17(16)21-18(23)11-22-10-14-6-12-5-13(7-14)9-15(22)8-12/h1-4,12-15H,5-11H2,(H2,20,24)(H,21,23). The van der Waals surface area contributed by atoms with Crippen LogP contribution in [0.4, 0.5) is 5.69 Å². The number of para-hydroxylation sites is 1. The lowest BCUT2D eigenvalue weighted by atomic mass is 9.68. The van der Waals surface area contributed by atoms with Crippen molar-refractivity contribution in [1.29, 1.82) is 0 Å². The molecule has 1 aromatic rings. The summed E-state index contributed by atoms with van der Waals surface area (Å²) in [4.78, 5) is 26.4. The zero-order chi connectivity index (χ0) is 16.7. The van der Waals surface area contributed by atoms with Gasteiger partial charge >= 0.3 is 0 Å². The van der Waals surface area contributed by atoms with Crippen molar-refractivity contribution in [3.05, 3.63) is 29.8 Å². The summed E-state index contributed by atoms with van der Waals surface area (Å²) < 4.78 is 0. The van der Waals surface area contributed by atoms with Gasteiger partial charge in [-0.25, -0.2) is 0 Å². The molecule has 5 heteroatoms. The number of benzene rings is 1. The molecule has 0 aromatic heterocycles. The summed E-state index contributed by atoms with van der Waals surface area (Å²) in [6.07, 6.45) is 6.58. The van der Waals surface area contributed by atoms with Crippen LogP contribution in [0.5, 0.6) is 0 Å². The zero-order valence-corrected chi connectivity index (χ0v) is 13.9. The first-order valence-corrected chi connectivity index (χ1v) is 9.01. The van der Waals surface area contributed by atoms with Gasteiger partial charge in [-0.2, -0.15) is 0 Å². The van der Waals surface area contributed by atoms with Crippen LogP contribution < -0.4 is 11.1 Å². The lowest BCUT2D eigenvalue weighted by molar-refractivity contribution is -0.118. The summed E-state index contributed by atoms with van der Waals surface area (Å²) >= 11 is 0. The number of amides is 2. The molecule has 2 unspecified atom stereocenters. The largest absolute Gasteiger partial charge is 0.366 e. The van der Waals surface area contributed by atoms with E-state index in [1.165, 1.54) is 32.1 Å². The number of anilines is 1. The lowest BCUT2D eigenvalue weighted by Crippen LogP contribution is -2.42. The summed E-state index contributed by atoms with van der Waals surface area (Å²) in [6.45, 7) is 1.45. The fourth-order valence-electron chi connectivity index (χ4n) is 5.26. The van der Waals surface area contributed by atoms with Crippen LogP contribution in [0.15, 0.2) is 24.3 Å². The van der Waals surface area contributed by atoms with Crippen molar-refractivity contribution in [2.24, 2.45) is 23.5 Å². The van der Waals surface area contributed by atoms with Gasteiger partial charge in [0, 0.05) is 12.6 Å². The van der Waals surface area contributed by atoms with Gasteiger partial charge in [-0.3, -0.25) is 14.5 Å². The summed E-state index contributed by atoms with van der Waals surface area (Å²) in [6, 6.07) is 7.48.